The molecule has 1 aliphatic heterocycles. The van der Waals surface area contributed by atoms with Crippen LogP contribution in [0, 0.1) is 5.41 Å². The average Bonchev–Trinajstić information content (AvgIpc) is 2.21. The normalized spacial score (nSPS) is 25.8. The number of rotatable bonds is 1. The molecule has 3 heteroatoms. The van der Waals surface area contributed by atoms with Gasteiger partial charge in [0.05, 0.1) is 12.7 Å². The maximum Gasteiger partial charge on any atom is 0.337 e. The number of esters is 1. The summed E-state index contributed by atoms with van der Waals surface area (Å²) in [5, 5.41) is 0. The quantitative estimate of drug-likeness (QED) is 0.584. The van der Waals surface area contributed by atoms with Crippen molar-refractivity contribution >= 4 is 5.97 Å². The van der Waals surface area contributed by atoms with Crippen LogP contribution in [0.1, 0.15) is 27.7 Å². The zero-order chi connectivity index (χ0) is 10.2. The summed E-state index contributed by atoms with van der Waals surface area (Å²) in [6.07, 6.45) is 0.0293. The van der Waals surface area contributed by atoms with Gasteiger partial charge >= 0.3 is 5.97 Å². The summed E-state index contributed by atoms with van der Waals surface area (Å²) in [6.45, 7) is 7.73. The zero-order valence-electron chi connectivity index (χ0n) is 8.80. The predicted octanol–water partition coefficient (Wildman–Crippen LogP) is 1.88. The highest BCUT2D eigenvalue weighted by Gasteiger charge is 2.43. The van der Waals surface area contributed by atoms with E-state index in [1.807, 2.05) is 20.8 Å². The van der Waals surface area contributed by atoms with Gasteiger partial charge in [0.2, 0.25) is 0 Å². The molecule has 0 amide bonds. The van der Waals surface area contributed by atoms with E-state index >= 15 is 0 Å². The number of ether oxygens (including phenoxy) is 2. The molecule has 0 aromatic heterocycles. The molecule has 0 aromatic rings. The van der Waals surface area contributed by atoms with Gasteiger partial charge in [0.15, 0.2) is 0 Å². The van der Waals surface area contributed by atoms with Crippen LogP contribution in [0.5, 0.6) is 0 Å². The Labute approximate surface area is 78.7 Å². The summed E-state index contributed by atoms with van der Waals surface area (Å²) >= 11 is 0. The molecule has 0 N–H and O–H groups in total. The largest absolute Gasteiger partial charge is 0.494 e. The Morgan fingerprint density at radius 3 is 2.38 bits per heavy atom. The molecule has 0 fully saturated rings. The van der Waals surface area contributed by atoms with Gasteiger partial charge < -0.3 is 9.47 Å². The second-order valence-electron chi connectivity index (χ2n) is 3.90. The second kappa shape index (κ2) is 3.05. The summed E-state index contributed by atoms with van der Waals surface area (Å²) in [7, 11) is 1.39. The lowest BCUT2D eigenvalue weighted by atomic mass is 9.81. The van der Waals surface area contributed by atoms with Gasteiger partial charge in [-0.25, -0.2) is 4.79 Å². The number of methoxy groups -OCH3 is 1. The molecule has 3 nitrogen and oxygen atoms in total. The van der Waals surface area contributed by atoms with Crippen molar-refractivity contribution in [1.29, 1.82) is 0 Å². The van der Waals surface area contributed by atoms with Crippen LogP contribution in [0.2, 0.25) is 0 Å². The minimum Gasteiger partial charge on any atom is -0.494 e. The van der Waals surface area contributed by atoms with Gasteiger partial charge in [-0.15, -0.1) is 0 Å². The molecule has 0 radical (unpaired) electrons. The third-order valence-electron chi connectivity index (χ3n) is 2.76. The lowest BCUT2D eigenvalue weighted by molar-refractivity contribution is -0.137. The highest BCUT2D eigenvalue weighted by molar-refractivity contribution is 5.91. The molecule has 0 saturated heterocycles. The first kappa shape index (κ1) is 10.1. The van der Waals surface area contributed by atoms with E-state index in [1.165, 1.54) is 7.11 Å². The first-order valence-electron chi connectivity index (χ1n) is 4.37. The van der Waals surface area contributed by atoms with Crippen molar-refractivity contribution < 1.29 is 14.3 Å². The van der Waals surface area contributed by atoms with Gasteiger partial charge in [-0.3, -0.25) is 0 Å². The topological polar surface area (TPSA) is 35.5 Å². The molecular formula is C10H16O3. The van der Waals surface area contributed by atoms with E-state index < -0.39 is 0 Å². The van der Waals surface area contributed by atoms with Gasteiger partial charge in [-0.05, 0) is 13.8 Å². The molecule has 0 aromatic carbocycles. The lowest BCUT2D eigenvalue weighted by Gasteiger charge is -2.23. The SMILES string of the molecule is COC(=O)C1=C(C)OC(C)C1(C)C. The van der Waals surface area contributed by atoms with Crippen LogP contribution < -0.4 is 0 Å². The van der Waals surface area contributed by atoms with E-state index in [0.29, 0.717) is 11.3 Å². The van der Waals surface area contributed by atoms with Crippen molar-refractivity contribution in [3.63, 3.8) is 0 Å². The Kier molecular flexibility index (Phi) is 2.37. The van der Waals surface area contributed by atoms with Crippen molar-refractivity contribution in [2.75, 3.05) is 7.11 Å². The summed E-state index contributed by atoms with van der Waals surface area (Å²) in [5.74, 6) is 0.399. The van der Waals surface area contributed by atoms with E-state index in [1.54, 1.807) is 6.92 Å². The first-order valence-corrected chi connectivity index (χ1v) is 4.37. The maximum atomic E-state index is 11.4. The standard InChI is InChI=1S/C10H16O3/c1-6-8(9(11)12-5)10(3,4)7(2)13-6/h7H,1-5H3. The Balaban J connectivity index is 3.06. The van der Waals surface area contributed by atoms with Gasteiger partial charge in [-0.2, -0.15) is 0 Å². The number of hydrogen-bond acceptors (Lipinski definition) is 3. The molecule has 0 aliphatic carbocycles. The molecule has 1 heterocycles. The second-order valence-corrected chi connectivity index (χ2v) is 3.90. The highest BCUT2D eigenvalue weighted by atomic mass is 16.5. The van der Waals surface area contributed by atoms with Gasteiger partial charge in [0, 0.05) is 5.41 Å². The summed E-state index contributed by atoms with van der Waals surface area (Å²) in [5.41, 5.74) is 0.402. The van der Waals surface area contributed by atoms with Crippen molar-refractivity contribution in [3.8, 4) is 0 Å². The molecular weight excluding hydrogens is 168 g/mol. The van der Waals surface area contributed by atoms with Gasteiger partial charge in [0.1, 0.15) is 11.9 Å². The molecule has 1 atom stereocenters. The van der Waals surface area contributed by atoms with Crippen LogP contribution in [0.4, 0.5) is 0 Å². The monoisotopic (exact) mass is 184 g/mol. The lowest BCUT2D eigenvalue weighted by Crippen LogP contribution is -2.28. The zero-order valence-corrected chi connectivity index (χ0v) is 8.80. The molecule has 13 heavy (non-hydrogen) atoms. The van der Waals surface area contributed by atoms with Crippen LogP contribution in [-0.2, 0) is 14.3 Å². The number of carbonyl (C=O) groups excluding carboxylic acids is 1. The number of hydrogen-bond donors (Lipinski definition) is 0. The van der Waals surface area contributed by atoms with Crippen molar-refractivity contribution in [3.05, 3.63) is 11.3 Å². The maximum absolute atomic E-state index is 11.4. The predicted molar refractivity (Wildman–Crippen MR) is 49.0 cm³/mol. The minimum atomic E-state index is -0.285. The summed E-state index contributed by atoms with van der Waals surface area (Å²) in [6, 6.07) is 0. The third-order valence-corrected chi connectivity index (χ3v) is 2.76. The Morgan fingerprint density at radius 1 is 1.54 bits per heavy atom. The fraction of sp³-hybridized carbons (Fsp3) is 0.700. The average molecular weight is 184 g/mol. The van der Waals surface area contributed by atoms with Crippen molar-refractivity contribution in [1.82, 2.24) is 0 Å². The Morgan fingerprint density at radius 2 is 2.08 bits per heavy atom. The number of carbonyl (C=O) groups is 1. The van der Waals surface area contributed by atoms with Crippen molar-refractivity contribution in [2.24, 2.45) is 5.41 Å². The number of allylic oxidation sites excluding steroid dienone is 1. The van der Waals surface area contributed by atoms with Crippen LogP contribution in [-0.4, -0.2) is 19.2 Å². The Bertz CT molecular complexity index is 263. The molecule has 0 saturated carbocycles. The molecule has 1 unspecified atom stereocenters. The van der Waals surface area contributed by atoms with Crippen LogP contribution >= 0.6 is 0 Å². The minimum absolute atomic E-state index is 0.0293. The van der Waals surface area contributed by atoms with Gasteiger partial charge in [-0.1, -0.05) is 13.8 Å². The summed E-state index contributed by atoms with van der Waals surface area (Å²) < 4.78 is 10.2. The first-order chi connectivity index (χ1) is 5.91. The van der Waals surface area contributed by atoms with E-state index in [0.717, 1.165) is 0 Å². The molecule has 0 spiro atoms. The van der Waals surface area contributed by atoms with Crippen molar-refractivity contribution in [2.45, 2.75) is 33.8 Å². The molecule has 1 aliphatic rings. The molecule has 1 rings (SSSR count). The van der Waals surface area contributed by atoms with Crippen LogP contribution in [0.25, 0.3) is 0 Å². The summed E-state index contributed by atoms with van der Waals surface area (Å²) in [4.78, 5) is 11.4. The fourth-order valence-corrected chi connectivity index (χ4v) is 1.64. The van der Waals surface area contributed by atoms with Gasteiger partial charge in [0.25, 0.3) is 0 Å². The van der Waals surface area contributed by atoms with E-state index in [2.05, 4.69) is 0 Å². The van der Waals surface area contributed by atoms with E-state index in [9.17, 15) is 4.79 Å². The fourth-order valence-electron chi connectivity index (χ4n) is 1.64. The van der Waals surface area contributed by atoms with E-state index in [-0.39, 0.29) is 17.5 Å². The third kappa shape index (κ3) is 1.43. The Hall–Kier alpha value is -0.990. The molecule has 0 bridgehead atoms. The van der Waals surface area contributed by atoms with Crippen LogP contribution in [0.15, 0.2) is 11.3 Å². The van der Waals surface area contributed by atoms with Crippen LogP contribution in [0.3, 0.4) is 0 Å². The van der Waals surface area contributed by atoms with E-state index in [4.69, 9.17) is 9.47 Å². The highest BCUT2D eigenvalue weighted by Crippen LogP contribution is 2.41. The smallest absolute Gasteiger partial charge is 0.337 e. The molecule has 74 valence electrons.